The van der Waals surface area contributed by atoms with Gasteiger partial charge >= 0.3 is 0 Å². The average Bonchev–Trinajstić information content (AvgIpc) is 3.42. The highest BCUT2D eigenvalue weighted by atomic mass is 16.3. The number of imidazole rings is 1. The van der Waals surface area contributed by atoms with Crippen LogP contribution in [0.5, 0.6) is 0 Å². The van der Waals surface area contributed by atoms with Gasteiger partial charge in [-0.2, -0.15) is 0 Å². The van der Waals surface area contributed by atoms with Crippen LogP contribution in [-0.4, -0.2) is 27.9 Å². The van der Waals surface area contributed by atoms with Gasteiger partial charge in [-0.1, -0.05) is 37.3 Å². The van der Waals surface area contributed by atoms with Crippen LogP contribution in [0.25, 0.3) is 11.0 Å². The van der Waals surface area contributed by atoms with Crippen LogP contribution in [-0.2, 0) is 24.7 Å². The first-order valence-corrected chi connectivity index (χ1v) is 10.7. The van der Waals surface area contributed by atoms with Crippen molar-refractivity contribution in [3.05, 3.63) is 83.6 Å². The van der Waals surface area contributed by atoms with Gasteiger partial charge in [-0.25, -0.2) is 4.98 Å². The minimum Gasteiger partial charge on any atom is -0.469 e. The van der Waals surface area contributed by atoms with E-state index in [0.29, 0.717) is 42.6 Å². The molecule has 7 heteroatoms. The van der Waals surface area contributed by atoms with Crippen molar-refractivity contribution in [1.29, 1.82) is 0 Å². The van der Waals surface area contributed by atoms with Crippen LogP contribution in [0.2, 0.25) is 0 Å². The standard InChI is InChI=1S/C25H26N4O3/c1-3-23(30)27-18-15-20(25(31)26-12-11-19-10-7-13-32-19)24-21(16-18)28-22(29(24)2)14-17-8-5-4-6-9-17/h4-10,13,15-16H,3,11-12,14H2,1-2H3,(H,26,31)(H,27,30). The second-order valence-corrected chi connectivity index (χ2v) is 7.63. The summed E-state index contributed by atoms with van der Waals surface area (Å²) in [7, 11) is 1.91. The number of benzene rings is 2. The Labute approximate surface area is 186 Å². The molecule has 0 radical (unpaired) electrons. The molecule has 0 atom stereocenters. The third-order valence-electron chi connectivity index (χ3n) is 5.35. The summed E-state index contributed by atoms with van der Waals surface area (Å²) in [5, 5.41) is 5.81. The predicted octanol–water partition coefficient (Wildman–Crippen LogP) is 4.08. The molecule has 2 heterocycles. The minimum absolute atomic E-state index is 0.117. The van der Waals surface area contributed by atoms with E-state index in [0.717, 1.165) is 22.7 Å². The Bertz CT molecular complexity index is 1230. The molecule has 0 saturated carbocycles. The predicted molar refractivity (Wildman–Crippen MR) is 124 cm³/mol. The molecule has 2 aromatic heterocycles. The lowest BCUT2D eigenvalue weighted by Gasteiger charge is -2.11. The number of nitrogens with one attached hydrogen (secondary N) is 2. The van der Waals surface area contributed by atoms with E-state index in [4.69, 9.17) is 9.40 Å². The van der Waals surface area contributed by atoms with Gasteiger partial charge in [0.1, 0.15) is 11.6 Å². The molecule has 0 bridgehead atoms. The number of hydrogen-bond donors (Lipinski definition) is 2. The zero-order valence-corrected chi connectivity index (χ0v) is 18.2. The molecule has 0 aliphatic carbocycles. The Morgan fingerprint density at radius 1 is 1.09 bits per heavy atom. The Hall–Kier alpha value is -3.87. The van der Waals surface area contributed by atoms with E-state index >= 15 is 0 Å². The minimum atomic E-state index is -0.219. The van der Waals surface area contributed by atoms with Crippen molar-refractivity contribution in [3.63, 3.8) is 0 Å². The molecule has 2 aromatic carbocycles. The van der Waals surface area contributed by atoms with Crippen molar-refractivity contribution in [2.75, 3.05) is 11.9 Å². The largest absolute Gasteiger partial charge is 0.469 e. The fraction of sp³-hybridized carbons (Fsp3) is 0.240. The number of carbonyl (C=O) groups excluding carboxylic acids is 2. The van der Waals surface area contributed by atoms with E-state index in [1.807, 2.05) is 48.0 Å². The van der Waals surface area contributed by atoms with Crippen LogP contribution >= 0.6 is 0 Å². The summed E-state index contributed by atoms with van der Waals surface area (Å²) in [5.74, 6) is 1.32. The fourth-order valence-corrected chi connectivity index (χ4v) is 3.68. The van der Waals surface area contributed by atoms with Gasteiger partial charge in [-0.3, -0.25) is 9.59 Å². The SMILES string of the molecule is CCC(=O)Nc1cc(C(=O)NCCc2ccco2)c2c(c1)nc(Cc1ccccc1)n2C. The maximum atomic E-state index is 13.1. The quantitative estimate of drug-likeness (QED) is 0.441. The van der Waals surface area contributed by atoms with Crippen LogP contribution in [0.4, 0.5) is 5.69 Å². The molecule has 4 rings (SSSR count). The molecule has 7 nitrogen and oxygen atoms in total. The molecular weight excluding hydrogens is 404 g/mol. The molecule has 164 valence electrons. The van der Waals surface area contributed by atoms with E-state index in [1.54, 1.807) is 19.3 Å². The molecule has 0 aliphatic rings. The Morgan fingerprint density at radius 2 is 1.91 bits per heavy atom. The van der Waals surface area contributed by atoms with Crippen molar-refractivity contribution in [1.82, 2.24) is 14.9 Å². The van der Waals surface area contributed by atoms with Crippen molar-refractivity contribution in [2.45, 2.75) is 26.2 Å². The maximum absolute atomic E-state index is 13.1. The number of rotatable bonds is 8. The summed E-state index contributed by atoms with van der Waals surface area (Å²) in [6, 6.07) is 17.3. The Kier molecular flexibility index (Phi) is 6.35. The lowest BCUT2D eigenvalue weighted by molar-refractivity contribution is -0.115. The van der Waals surface area contributed by atoms with Gasteiger partial charge in [0.15, 0.2) is 0 Å². The number of fused-ring (bicyclic) bond motifs is 1. The van der Waals surface area contributed by atoms with Crippen LogP contribution in [0, 0.1) is 0 Å². The molecule has 0 fully saturated rings. The van der Waals surface area contributed by atoms with Crippen LogP contribution in [0.15, 0.2) is 65.3 Å². The van der Waals surface area contributed by atoms with Gasteiger partial charge in [-0.15, -0.1) is 0 Å². The Morgan fingerprint density at radius 3 is 2.62 bits per heavy atom. The Balaban J connectivity index is 1.67. The van der Waals surface area contributed by atoms with Crippen molar-refractivity contribution in [2.24, 2.45) is 7.05 Å². The molecule has 2 amide bonds. The van der Waals surface area contributed by atoms with Gasteiger partial charge in [0.05, 0.1) is 22.9 Å². The topological polar surface area (TPSA) is 89.2 Å². The summed E-state index contributed by atoms with van der Waals surface area (Å²) < 4.78 is 7.29. The summed E-state index contributed by atoms with van der Waals surface area (Å²) in [4.78, 5) is 29.9. The molecule has 0 unspecified atom stereocenters. The summed E-state index contributed by atoms with van der Waals surface area (Å²) in [6.07, 6.45) is 3.20. The first-order chi connectivity index (χ1) is 15.5. The number of anilines is 1. The van der Waals surface area contributed by atoms with Crippen molar-refractivity contribution < 1.29 is 14.0 Å². The molecule has 0 aliphatic heterocycles. The molecule has 0 saturated heterocycles. The van der Waals surface area contributed by atoms with E-state index in [1.165, 1.54) is 0 Å². The summed E-state index contributed by atoms with van der Waals surface area (Å²) >= 11 is 0. The maximum Gasteiger partial charge on any atom is 0.253 e. The van der Waals surface area contributed by atoms with Gasteiger partial charge < -0.3 is 19.6 Å². The summed E-state index contributed by atoms with van der Waals surface area (Å²) in [5.41, 5.74) is 3.58. The van der Waals surface area contributed by atoms with Gasteiger partial charge in [-0.05, 0) is 29.8 Å². The first-order valence-electron chi connectivity index (χ1n) is 10.7. The third-order valence-corrected chi connectivity index (χ3v) is 5.35. The number of furan rings is 1. The van der Waals surface area contributed by atoms with Crippen LogP contribution < -0.4 is 10.6 Å². The second kappa shape index (κ2) is 9.51. The highest BCUT2D eigenvalue weighted by Gasteiger charge is 2.19. The zero-order valence-electron chi connectivity index (χ0n) is 18.2. The highest BCUT2D eigenvalue weighted by Crippen LogP contribution is 2.26. The number of carbonyl (C=O) groups is 2. The third kappa shape index (κ3) is 4.72. The summed E-state index contributed by atoms with van der Waals surface area (Å²) in [6.45, 7) is 2.23. The second-order valence-electron chi connectivity index (χ2n) is 7.63. The van der Waals surface area contributed by atoms with Crippen LogP contribution in [0.3, 0.4) is 0 Å². The number of aromatic nitrogens is 2. The lowest BCUT2D eigenvalue weighted by Crippen LogP contribution is -2.26. The average molecular weight is 431 g/mol. The molecule has 0 spiro atoms. The van der Waals surface area contributed by atoms with Crippen molar-refractivity contribution >= 4 is 28.5 Å². The monoisotopic (exact) mass is 430 g/mol. The number of nitrogens with zero attached hydrogens (tertiary/aromatic N) is 2. The van der Waals surface area contributed by atoms with E-state index in [-0.39, 0.29) is 11.8 Å². The van der Waals surface area contributed by atoms with E-state index in [2.05, 4.69) is 22.8 Å². The highest BCUT2D eigenvalue weighted by molar-refractivity contribution is 6.07. The van der Waals surface area contributed by atoms with Crippen molar-refractivity contribution in [3.8, 4) is 0 Å². The normalized spacial score (nSPS) is 10.9. The van der Waals surface area contributed by atoms with Gasteiger partial charge in [0, 0.05) is 38.5 Å². The molecule has 2 N–H and O–H groups in total. The van der Waals surface area contributed by atoms with E-state index in [9.17, 15) is 9.59 Å². The van der Waals surface area contributed by atoms with E-state index < -0.39 is 0 Å². The number of hydrogen-bond acceptors (Lipinski definition) is 4. The smallest absolute Gasteiger partial charge is 0.253 e. The molecule has 32 heavy (non-hydrogen) atoms. The zero-order chi connectivity index (χ0) is 22.5. The van der Waals surface area contributed by atoms with Crippen LogP contribution in [0.1, 0.15) is 40.9 Å². The lowest BCUT2D eigenvalue weighted by atomic mass is 10.1. The number of amides is 2. The van der Waals surface area contributed by atoms with Gasteiger partial charge in [0.2, 0.25) is 5.91 Å². The fourth-order valence-electron chi connectivity index (χ4n) is 3.68. The first kappa shape index (κ1) is 21.4. The number of aryl methyl sites for hydroxylation is 1. The molecule has 4 aromatic rings. The van der Waals surface area contributed by atoms with Gasteiger partial charge in [0.25, 0.3) is 5.91 Å². The molecular formula is C25H26N4O3.